The Labute approximate surface area is 181 Å². The molecule has 0 heterocycles. The predicted molar refractivity (Wildman–Crippen MR) is 118 cm³/mol. The fraction of sp³-hybridized carbons (Fsp3) is 0.167. The van der Waals surface area contributed by atoms with Gasteiger partial charge in [0.15, 0.2) is 0 Å². The average molecular weight is 438 g/mol. The van der Waals surface area contributed by atoms with E-state index in [-0.39, 0.29) is 22.3 Å². The van der Waals surface area contributed by atoms with Crippen molar-refractivity contribution < 1.29 is 22.7 Å². The SMILES string of the molecule is CCC(=O)Nc1cc(C(=O)OCc2ccc(S(=O)(=O)c3ccccc3)cc2)ccc1C. The van der Waals surface area contributed by atoms with Crippen molar-refractivity contribution >= 4 is 27.4 Å². The maximum Gasteiger partial charge on any atom is 0.338 e. The van der Waals surface area contributed by atoms with E-state index in [2.05, 4.69) is 5.32 Å². The van der Waals surface area contributed by atoms with Crippen molar-refractivity contribution in [3.05, 3.63) is 89.5 Å². The highest BCUT2D eigenvalue weighted by Crippen LogP contribution is 2.22. The van der Waals surface area contributed by atoms with Crippen molar-refractivity contribution in [3.63, 3.8) is 0 Å². The first-order valence-corrected chi connectivity index (χ1v) is 11.3. The molecule has 0 aliphatic rings. The molecule has 0 aliphatic heterocycles. The second kappa shape index (κ2) is 9.57. The van der Waals surface area contributed by atoms with Crippen molar-refractivity contribution in [3.8, 4) is 0 Å². The van der Waals surface area contributed by atoms with Gasteiger partial charge in [-0.15, -0.1) is 0 Å². The van der Waals surface area contributed by atoms with Gasteiger partial charge in [-0.05, 0) is 54.4 Å². The largest absolute Gasteiger partial charge is 0.457 e. The Hall–Kier alpha value is -3.45. The molecule has 0 spiro atoms. The van der Waals surface area contributed by atoms with E-state index in [1.165, 1.54) is 12.1 Å². The number of esters is 1. The summed E-state index contributed by atoms with van der Waals surface area (Å²) < 4.78 is 30.6. The molecule has 3 aromatic rings. The van der Waals surface area contributed by atoms with Crippen LogP contribution in [0.15, 0.2) is 82.6 Å². The molecule has 0 radical (unpaired) electrons. The lowest BCUT2D eigenvalue weighted by Gasteiger charge is -2.10. The van der Waals surface area contributed by atoms with Crippen molar-refractivity contribution in [1.82, 2.24) is 0 Å². The normalized spacial score (nSPS) is 11.0. The number of ether oxygens (including phenoxy) is 1. The van der Waals surface area contributed by atoms with Gasteiger partial charge in [-0.2, -0.15) is 0 Å². The zero-order valence-electron chi connectivity index (χ0n) is 17.3. The first-order valence-electron chi connectivity index (χ1n) is 9.78. The van der Waals surface area contributed by atoms with Gasteiger partial charge >= 0.3 is 5.97 Å². The van der Waals surface area contributed by atoms with Crippen LogP contribution in [0.5, 0.6) is 0 Å². The Balaban J connectivity index is 1.67. The van der Waals surface area contributed by atoms with Gasteiger partial charge in [0.05, 0.1) is 15.4 Å². The van der Waals surface area contributed by atoms with Gasteiger partial charge in [-0.3, -0.25) is 4.79 Å². The molecule has 0 saturated heterocycles. The number of hydrogen-bond acceptors (Lipinski definition) is 5. The van der Waals surface area contributed by atoms with Gasteiger partial charge in [0.1, 0.15) is 6.61 Å². The third kappa shape index (κ3) is 5.38. The smallest absolute Gasteiger partial charge is 0.338 e. The molecule has 31 heavy (non-hydrogen) atoms. The molecule has 3 rings (SSSR count). The molecular formula is C24H23NO5S. The fourth-order valence-electron chi connectivity index (χ4n) is 2.86. The number of nitrogens with one attached hydrogen (secondary N) is 1. The van der Waals surface area contributed by atoms with Gasteiger partial charge < -0.3 is 10.1 Å². The average Bonchev–Trinajstić information content (AvgIpc) is 2.79. The fourth-order valence-corrected chi connectivity index (χ4v) is 4.14. The van der Waals surface area contributed by atoms with Crippen LogP contribution in [0.2, 0.25) is 0 Å². The lowest BCUT2D eigenvalue weighted by molar-refractivity contribution is -0.115. The number of carbonyl (C=O) groups excluding carboxylic acids is 2. The van der Waals surface area contributed by atoms with Crippen molar-refractivity contribution in [2.24, 2.45) is 0 Å². The second-order valence-corrected chi connectivity index (χ2v) is 8.92. The van der Waals surface area contributed by atoms with Crippen molar-refractivity contribution in [1.29, 1.82) is 0 Å². The molecule has 160 valence electrons. The van der Waals surface area contributed by atoms with E-state index >= 15 is 0 Å². The Bertz CT molecular complexity index is 1190. The molecular weight excluding hydrogens is 414 g/mol. The first kappa shape index (κ1) is 22.2. The standard InChI is InChI=1S/C24H23NO5S/c1-3-23(26)25-22-15-19(12-9-17(22)2)24(27)30-16-18-10-13-21(14-11-18)31(28,29)20-7-5-4-6-8-20/h4-15H,3,16H2,1-2H3,(H,25,26). The number of carbonyl (C=O) groups is 2. The summed E-state index contributed by atoms with van der Waals surface area (Å²) in [6.45, 7) is 3.58. The molecule has 3 aromatic carbocycles. The highest BCUT2D eigenvalue weighted by atomic mass is 32.2. The summed E-state index contributed by atoms with van der Waals surface area (Å²) in [5.41, 5.74) is 2.39. The highest BCUT2D eigenvalue weighted by Gasteiger charge is 2.17. The third-order valence-corrected chi connectivity index (χ3v) is 6.51. The molecule has 0 aliphatic carbocycles. The minimum atomic E-state index is -3.59. The monoisotopic (exact) mass is 437 g/mol. The topological polar surface area (TPSA) is 89.5 Å². The van der Waals surface area contributed by atoms with Crippen LogP contribution in [0, 0.1) is 6.92 Å². The predicted octanol–water partition coefficient (Wildman–Crippen LogP) is 4.53. The number of benzene rings is 3. The summed E-state index contributed by atoms with van der Waals surface area (Å²) in [7, 11) is -3.59. The number of rotatable bonds is 7. The Kier molecular flexibility index (Phi) is 6.87. The van der Waals surface area contributed by atoms with E-state index in [0.29, 0.717) is 23.2 Å². The summed E-state index contributed by atoms with van der Waals surface area (Å²) in [5.74, 6) is -0.674. The molecule has 0 atom stereocenters. The molecule has 1 N–H and O–H groups in total. The number of aryl methyl sites for hydroxylation is 1. The lowest BCUT2D eigenvalue weighted by atomic mass is 10.1. The van der Waals surface area contributed by atoms with E-state index in [9.17, 15) is 18.0 Å². The molecule has 7 heteroatoms. The van der Waals surface area contributed by atoms with E-state index in [1.807, 2.05) is 6.92 Å². The van der Waals surface area contributed by atoms with Gasteiger partial charge in [-0.1, -0.05) is 43.3 Å². The van der Waals surface area contributed by atoms with Gasteiger partial charge in [0.25, 0.3) is 0 Å². The van der Waals surface area contributed by atoms with Crippen LogP contribution >= 0.6 is 0 Å². The zero-order chi connectivity index (χ0) is 22.4. The number of hydrogen-bond donors (Lipinski definition) is 1. The van der Waals surface area contributed by atoms with E-state index < -0.39 is 15.8 Å². The lowest BCUT2D eigenvalue weighted by Crippen LogP contribution is -2.12. The van der Waals surface area contributed by atoms with Crippen LogP contribution in [-0.4, -0.2) is 20.3 Å². The summed E-state index contributed by atoms with van der Waals surface area (Å²) >= 11 is 0. The van der Waals surface area contributed by atoms with Gasteiger partial charge in [0, 0.05) is 12.1 Å². The maximum absolute atomic E-state index is 12.6. The van der Waals surface area contributed by atoms with E-state index in [0.717, 1.165) is 5.56 Å². The van der Waals surface area contributed by atoms with Crippen molar-refractivity contribution in [2.45, 2.75) is 36.7 Å². The molecule has 1 amide bonds. The minimum Gasteiger partial charge on any atom is -0.457 e. The quantitative estimate of drug-likeness (QED) is 0.549. The highest BCUT2D eigenvalue weighted by molar-refractivity contribution is 7.91. The molecule has 6 nitrogen and oxygen atoms in total. The number of sulfone groups is 1. The number of amides is 1. The van der Waals surface area contributed by atoms with Gasteiger partial charge in [-0.25, -0.2) is 13.2 Å². The molecule has 0 fully saturated rings. The first-order chi connectivity index (χ1) is 14.8. The summed E-state index contributed by atoms with van der Waals surface area (Å²) in [4.78, 5) is 24.5. The van der Waals surface area contributed by atoms with Crippen LogP contribution in [0.25, 0.3) is 0 Å². The van der Waals surface area contributed by atoms with E-state index in [4.69, 9.17) is 4.74 Å². The summed E-state index contributed by atoms with van der Waals surface area (Å²) in [6.07, 6.45) is 0.337. The Morgan fingerprint density at radius 2 is 1.55 bits per heavy atom. The molecule has 0 bridgehead atoms. The molecule has 0 aromatic heterocycles. The molecule has 0 unspecified atom stereocenters. The Morgan fingerprint density at radius 1 is 0.903 bits per heavy atom. The van der Waals surface area contributed by atoms with Crippen LogP contribution in [0.1, 0.15) is 34.8 Å². The molecule has 0 saturated carbocycles. The van der Waals surface area contributed by atoms with Crippen LogP contribution in [0.3, 0.4) is 0 Å². The van der Waals surface area contributed by atoms with Crippen LogP contribution in [0.4, 0.5) is 5.69 Å². The number of anilines is 1. The minimum absolute atomic E-state index is 0.00493. The Morgan fingerprint density at radius 3 is 2.19 bits per heavy atom. The summed E-state index contributed by atoms with van der Waals surface area (Å²) in [5, 5.41) is 2.76. The van der Waals surface area contributed by atoms with Crippen LogP contribution < -0.4 is 5.32 Å². The van der Waals surface area contributed by atoms with E-state index in [1.54, 1.807) is 67.6 Å². The second-order valence-electron chi connectivity index (χ2n) is 6.97. The van der Waals surface area contributed by atoms with Gasteiger partial charge in [0.2, 0.25) is 15.7 Å². The zero-order valence-corrected chi connectivity index (χ0v) is 18.1. The van der Waals surface area contributed by atoms with Crippen LogP contribution in [-0.2, 0) is 26.0 Å². The van der Waals surface area contributed by atoms with Crippen molar-refractivity contribution in [2.75, 3.05) is 5.32 Å². The maximum atomic E-state index is 12.6. The summed E-state index contributed by atoms with van der Waals surface area (Å²) in [6, 6.07) is 19.4. The third-order valence-electron chi connectivity index (χ3n) is 4.73.